The van der Waals surface area contributed by atoms with Crippen molar-refractivity contribution in [2.75, 3.05) is 26.2 Å². The normalized spacial score (nSPS) is 13.2. The monoisotopic (exact) mass is 255 g/mol. The van der Waals surface area contributed by atoms with Gasteiger partial charge in [-0.1, -0.05) is 12.1 Å². The Morgan fingerprint density at radius 2 is 1.18 bits per heavy atom. The summed E-state index contributed by atoms with van der Waals surface area (Å²) in [7, 11) is 0. The zero-order valence-corrected chi connectivity index (χ0v) is 10.7. The zero-order valence-electron chi connectivity index (χ0n) is 9.86. The molecule has 1 aliphatic heterocycles. The Balaban J connectivity index is 0.000000221. The minimum atomic E-state index is 0. The summed E-state index contributed by atoms with van der Waals surface area (Å²) in [6.07, 6.45) is 3.75. The van der Waals surface area contributed by atoms with Crippen LogP contribution >= 0.6 is 11.3 Å². The van der Waals surface area contributed by atoms with Gasteiger partial charge in [-0.3, -0.25) is 0 Å². The number of aromatic nitrogens is 1. The molecule has 0 atom stereocenters. The number of nitrogens with one attached hydrogen (secondary N) is 3. The summed E-state index contributed by atoms with van der Waals surface area (Å²) in [5.74, 6) is 0. The number of piperazine rings is 1. The fraction of sp³-hybridized carbons (Fsp3) is 0.333. The lowest BCUT2D eigenvalue weighted by Gasteiger charge is -2.11. The van der Waals surface area contributed by atoms with Crippen LogP contribution in [0.3, 0.4) is 0 Å². The molecule has 96 valence electrons. The lowest BCUT2D eigenvalue weighted by molar-refractivity contribution is 0.534. The molecule has 0 spiro atoms. The average molecular weight is 255 g/mol. The zero-order chi connectivity index (χ0) is 11.3. The van der Waals surface area contributed by atoms with E-state index in [2.05, 4.69) is 15.6 Å². The summed E-state index contributed by atoms with van der Waals surface area (Å²) in [4.78, 5) is 2.86. The maximum Gasteiger partial charge on any atom is 0.00772 e. The van der Waals surface area contributed by atoms with Gasteiger partial charge >= 0.3 is 0 Å². The molecule has 0 radical (unpaired) electrons. The van der Waals surface area contributed by atoms with E-state index < -0.39 is 0 Å². The molecular formula is C12H21N3OS. The number of hydrogen-bond donors (Lipinski definition) is 3. The van der Waals surface area contributed by atoms with Gasteiger partial charge in [-0.05, 0) is 22.9 Å². The predicted molar refractivity (Wildman–Crippen MR) is 74.5 cm³/mol. The van der Waals surface area contributed by atoms with Crippen molar-refractivity contribution in [3.05, 3.63) is 47.4 Å². The second-order valence-corrected chi connectivity index (χ2v) is 3.99. The fourth-order valence-corrected chi connectivity index (χ4v) is 1.56. The van der Waals surface area contributed by atoms with Gasteiger partial charge in [0.1, 0.15) is 0 Å². The van der Waals surface area contributed by atoms with E-state index in [9.17, 15) is 0 Å². The van der Waals surface area contributed by atoms with Crippen molar-refractivity contribution in [3.8, 4) is 0 Å². The summed E-state index contributed by atoms with van der Waals surface area (Å²) in [6.45, 7) is 4.56. The number of rotatable bonds is 0. The van der Waals surface area contributed by atoms with Crippen LogP contribution in [0.2, 0.25) is 0 Å². The quantitative estimate of drug-likeness (QED) is 0.660. The van der Waals surface area contributed by atoms with Crippen LogP contribution in [0.15, 0.2) is 47.4 Å². The second-order valence-electron chi connectivity index (χ2n) is 3.18. The molecule has 0 aliphatic carbocycles. The maximum absolute atomic E-state index is 3.22. The van der Waals surface area contributed by atoms with Gasteiger partial charge in [-0.15, -0.1) is 0 Å². The van der Waals surface area contributed by atoms with Crippen LogP contribution < -0.4 is 10.6 Å². The standard InChI is InChI=1S/C4H10N2.C4H5N.C4H4S.H2O/c1-2-6-4-3-5-1;2*1-2-4-5-3-1;/h5-6H,1-4H2;1-5H;1-4H;1H2. The fourth-order valence-electron chi connectivity index (χ4n) is 1.11. The Morgan fingerprint density at radius 1 is 0.706 bits per heavy atom. The molecule has 0 amide bonds. The molecule has 3 rings (SSSR count). The van der Waals surface area contributed by atoms with Crippen molar-refractivity contribution >= 4 is 11.3 Å². The van der Waals surface area contributed by atoms with Crippen LogP contribution in [0.25, 0.3) is 0 Å². The van der Waals surface area contributed by atoms with Crippen molar-refractivity contribution in [2.24, 2.45) is 0 Å². The van der Waals surface area contributed by atoms with Gasteiger partial charge in [-0.25, -0.2) is 0 Å². The van der Waals surface area contributed by atoms with Crippen LogP contribution in [0.1, 0.15) is 0 Å². The molecule has 5 N–H and O–H groups in total. The van der Waals surface area contributed by atoms with E-state index in [0.29, 0.717) is 0 Å². The second kappa shape index (κ2) is 12.9. The summed E-state index contributed by atoms with van der Waals surface area (Å²) in [5.41, 5.74) is 0. The minimum absolute atomic E-state index is 0. The third-order valence-electron chi connectivity index (χ3n) is 1.88. The van der Waals surface area contributed by atoms with Gasteiger partial charge in [-0.2, -0.15) is 11.3 Å². The van der Waals surface area contributed by atoms with Crippen LogP contribution in [0.5, 0.6) is 0 Å². The summed E-state index contributed by atoms with van der Waals surface area (Å²) in [6, 6.07) is 7.93. The van der Waals surface area contributed by atoms with E-state index in [1.54, 1.807) is 11.3 Å². The van der Waals surface area contributed by atoms with Crippen LogP contribution in [-0.4, -0.2) is 36.6 Å². The van der Waals surface area contributed by atoms with Crippen LogP contribution in [0.4, 0.5) is 0 Å². The average Bonchev–Trinajstić information content (AvgIpc) is 3.10. The Bertz CT molecular complexity index is 221. The molecule has 0 unspecified atom stereocenters. The SMILES string of the molecule is C1CNCCN1.O.c1cc[nH]c1.c1ccsc1. The molecule has 0 saturated carbocycles. The van der Waals surface area contributed by atoms with E-state index in [0.717, 1.165) is 26.2 Å². The molecule has 2 aromatic rings. The lowest BCUT2D eigenvalue weighted by atomic mass is 10.4. The van der Waals surface area contributed by atoms with Crippen molar-refractivity contribution in [3.63, 3.8) is 0 Å². The van der Waals surface area contributed by atoms with Crippen LogP contribution in [0, 0.1) is 0 Å². The Kier molecular flexibility index (Phi) is 12.1. The highest BCUT2D eigenvalue weighted by molar-refractivity contribution is 7.07. The van der Waals surface area contributed by atoms with Gasteiger partial charge in [0, 0.05) is 38.6 Å². The topological polar surface area (TPSA) is 71.3 Å². The lowest BCUT2D eigenvalue weighted by Crippen LogP contribution is -2.39. The van der Waals surface area contributed by atoms with Crippen molar-refractivity contribution in [1.29, 1.82) is 0 Å². The molecule has 0 aromatic carbocycles. The van der Waals surface area contributed by atoms with Gasteiger partial charge in [0.15, 0.2) is 0 Å². The largest absolute Gasteiger partial charge is 0.412 e. The molecule has 0 bridgehead atoms. The molecule has 4 nitrogen and oxygen atoms in total. The highest BCUT2D eigenvalue weighted by Gasteiger charge is 1.91. The number of H-pyrrole nitrogens is 1. The highest BCUT2D eigenvalue weighted by atomic mass is 32.1. The molecule has 17 heavy (non-hydrogen) atoms. The van der Waals surface area contributed by atoms with Gasteiger partial charge in [0.25, 0.3) is 0 Å². The number of aromatic amines is 1. The first-order valence-electron chi connectivity index (χ1n) is 5.46. The summed E-state index contributed by atoms with van der Waals surface area (Å²) >= 11 is 1.71. The number of hydrogen-bond acceptors (Lipinski definition) is 3. The van der Waals surface area contributed by atoms with E-state index in [4.69, 9.17) is 0 Å². The smallest absolute Gasteiger partial charge is 0.00772 e. The number of thiophene rings is 1. The molecule has 1 saturated heterocycles. The first-order chi connectivity index (χ1) is 8.00. The Labute approximate surface area is 106 Å². The van der Waals surface area contributed by atoms with E-state index in [1.807, 2.05) is 47.4 Å². The molecule has 5 heteroatoms. The van der Waals surface area contributed by atoms with Gasteiger partial charge in [0.05, 0.1) is 0 Å². The highest BCUT2D eigenvalue weighted by Crippen LogP contribution is 1.91. The third kappa shape index (κ3) is 11.1. The Morgan fingerprint density at radius 3 is 1.35 bits per heavy atom. The van der Waals surface area contributed by atoms with Crippen molar-refractivity contribution in [2.45, 2.75) is 0 Å². The first-order valence-corrected chi connectivity index (χ1v) is 6.41. The van der Waals surface area contributed by atoms with E-state index >= 15 is 0 Å². The van der Waals surface area contributed by atoms with Crippen molar-refractivity contribution in [1.82, 2.24) is 15.6 Å². The molecule has 2 aromatic heterocycles. The van der Waals surface area contributed by atoms with E-state index in [1.165, 1.54) is 0 Å². The van der Waals surface area contributed by atoms with Gasteiger partial charge in [0.2, 0.25) is 0 Å². The first kappa shape index (κ1) is 15.9. The molecule has 3 heterocycles. The molecular weight excluding hydrogens is 234 g/mol. The van der Waals surface area contributed by atoms with Crippen LogP contribution in [-0.2, 0) is 0 Å². The van der Waals surface area contributed by atoms with Crippen molar-refractivity contribution < 1.29 is 5.48 Å². The van der Waals surface area contributed by atoms with Gasteiger partial charge < -0.3 is 21.1 Å². The summed E-state index contributed by atoms with van der Waals surface area (Å²) in [5, 5.41) is 10.5. The predicted octanol–water partition coefficient (Wildman–Crippen LogP) is 1.12. The van der Waals surface area contributed by atoms with E-state index in [-0.39, 0.29) is 5.48 Å². The molecule has 1 fully saturated rings. The molecule has 1 aliphatic rings. The summed E-state index contributed by atoms with van der Waals surface area (Å²) < 4.78 is 0. The third-order valence-corrected chi connectivity index (χ3v) is 2.51. The minimum Gasteiger partial charge on any atom is -0.412 e. The maximum atomic E-state index is 3.22. The Hall–Kier alpha value is -1.14.